The highest BCUT2D eigenvalue weighted by Crippen LogP contribution is 2.24. The number of anilines is 1. The fourth-order valence-electron chi connectivity index (χ4n) is 2.34. The smallest absolute Gasteiger partial charge is 0.266 e. The monoisotopic (exact) mass is 351 g/mol. The maximum atomic E-state index is 14.1. The molecule has 2 aromatic rings. The molecule has 0 amide bonds. The second-order valence-corrected chi connectivity index (χ2v) is 5.27. The first-order valence-electron chi connectivity index (χ1n) is 7.50. The molecule has 25 heavy (non-hydrogen) atoms. The third-order valence-electron chi connectivity index (χ3n) is 3.45. The summed E-state index contributed by atoms with van der Waals surface area (Å²) in [5, 5.41) is 3.70. The van der Waals surface area contributed by atoms with Crippen LogP contribution in [0.1, 0.15) is 30.3 Å². The maximum absolute atomic E-state index is 14.1. The van der Waals surface area contributed by atoms with Gasteiger partial charge in [0.15, 0.2) is 0 Å². The second-order valence-electron chi connectivity index (χ2n) is 5.27. The van der Waals surface area contributed by atoms with E-state index in [4.69, 9.17) is 0 Å². The minimum Gasteiger partial charge on any atom is -0.365 e. The van der Waals surface area contributed by atoms with Gasteiger partial charge in [-0.05, 0) is 19.9 Å². The van der Waals surface area contributed by atoms with Crippen molar-refractivity contribution in [1.82, 2.24) is 9.97 Å². The molecule has 0 fully saturated rings. The Labute approximate surface area is 142 Å². The Hall–Kier alpha value is -2.70. The van der Waals surface area contributed by atoms with E-state index in [-0.39, 0.29) is 17.9 Å². The lowest BCUT2D eigenvalue weighted by atomic mass is 10.1. The van der Waals surface area contributed by atoms with Gasteiger partial charge in [-0.1, -0.05) is 30.9 Å². The van der Waals surface area contributed by atoms with Crippen LogP contribution in [0, 0.1) is 12.7 Å². The molecule has 3 nitrogen and oxygen atoms in total. The molecule has 0 bridgehead atoms. The average Bonchev–Trinajstić information content (AvgIpc) is 2.54. The van der Waals surface area contributed by atoms with Crippen LogP contribution in [0.3, 0.4) is 0 Å². The van der Waals surface area contributed by atoms with E-state index in [1.165, 1.54) is 12.1 Å². The van der Waals surface area contributed by atoms with Crippen LogP contribution in [0.15, 0.2) is 30.6 Å². The molecule has 1 N–H and O–H groups in total. The van der Waals surface area contributed by atoms with Crippen molar-refractivity contribution in [3.05, 3.63) is 63.9 Å². The summed E-state index contributed by atoms with van der Waals surface area (Å²) >= 11 is 0. The zero-order valence-electron chi connectivity index (χ0n) is 13.8. The fourth-order valence-corrected chi connectivity index (χ4v) is 2.34. The van der Waals surface area contributed by atoms with Gasteiger partial charge in [0.25, 0.3) is 6.43 Å². The first kappa shape index (κ1) is 18.6. The van der Waals surface area contributed by atoms with E-state index in [2.05, 4.69) is 21.9 Å². The highest BCUT2D eigenvalue weighted by Gasteiger charge is 2.16. The number of nitrogens with zero attached hydrogens (tertiary/aromatic N) is 2. The summed E-state index contributed by atoms with van der Waals surface area (Å²) < 4.78 is 53.0. The van der Waals surface area contributed by atoms with Gasteiger partial charge in [-0.2, -0.15) is 0 Å². The van der Waals surface area contributed by atoms with Crippen molar-refractivity contribution in [3.8, 4) is 0 Å². The van der Waals surface area contributed by atoms with Crippen molar-refractivity contribution in [2.75, 3.05) is 5.32 Å². The van der Waals surface area contributed by atoms with E-state index >= 15 is 0 Å². The van der Waals surface area contributed by atoms with E-state index in [0.717, 1.165) is 12.1 Å². The van der Waals surface area contributed by atoms with Crippen LogP contribution in [-0.4, -0.2) is 9.97 Å². The van der Waals surface area contributed by atoms with Gasteiger partial charge in [-0.3, -0.25) is 0 Å². The predicted octanol–water partition coefficient (Wildman–Crippen LogP) is 3.54. The quantitative estimate of drug-likeness (QED) is 0.838. The summed E-state index contributed by atoms with van der Waals surface area (Å²) in [6, 6.07) is 3.79. The Balaban J connectivity index is 2.44. The molecule has 0 saturated heterocycles. The van der Waals surface area contributed by atoms with Crippen molar-refractivity contribution in [1.29, 1.82) is 0 Å². The van der Waals surface area contributed by atoms with Crippen molar-refractivity contribution in [2.45, 2.75) is 26.8 Å². The number of hydrogen-bond acceptors (Lipinski definition) is 3. The first-order valence-corrected chi connectivity index (χ1v) is 7.50. The predicted molar refractivity (Wildman–Crippen MR) is 89.6 cm³/mol. The minimum atomic E-state index is -2.90. The highest BCUT2D eigenvalue weighted by molar-refractivity contribution is 5.51. The lowest BCUT2D eigenvalue weighted by Gasteiger charge is -2.11. The van der Waals surface area contributed by atoms with Gasteiger partial charge in [0.2, 0.25) is 0 Å². The molecule has 0 atom stereocenters. The fraction of sp³-hybridized carbons (Fsp3) is 0.222. The Morgan fingerprint density at radius 2 is 2.04 bits per heavy atom. The average molecular weight is 351 g/mol. The van der Waals surface area contributed by atoms with Gasteiger partial charge >= 0.3 is 0 Å². The molecular formula is C18H17F4N3. The number of aryl methyl sites for hydroxylation is 1. The van der Waals surface area contributed by atoms with Gasteiger partial charge in [0.1, 0.15) is 23.3 Å². The van der Waals surface area contributed by atoms with Crippen LogP contribution in [0.5, 0.6) is 0 Å². The lowest BCUT2D eigenvalue weighted by Crippen LogP contribution is -2.33. The molecule has 1 aromatic carbocycles. The number of aromatic nitrogens is 2. The van der Waals surface area contributed by atoms with E-state index in [9.17, 15) is 17.6 Å². The van der Waals surface area contributed by atoms with Crippen molar-refractivity contribution in [2.24, 2.45) is 0 Å². The molecule has 0 aliphatic rings. The molecule has 132 valence electrons. The maximum Gasteiger partial charge on any atom is 0.266 e. The Morgan fingerprint density at radius 1 is 1.32 bits per heavy atom. The number of hydrogen-bond donors (Lipinski definition) is 1. The number of alkyl halides is 2. The summed E-state index contributed by atoms with van der Waals surface area (Å²) in [6.45, 7) is 6.49. The topological polar surface area (TPSA) is 37.8 Å². The molecule has 1 aromatic heterocycles. The molecular weight excluding hydrogens is 334 g/mol. The van der Waals surface area contributed by atoms with Gasteiger partial charge in [0, 0.05) is 17.3 Å². The Bertz CT molecular complexity index is 907. The summed E-state index contributed by atoms with van der Waals surface area (Å²) in [5.41, 5.74) is -0.606. The Morgan fingerprint density at radius 3 is 2.64 bits per heavy atom. The summed E-state index contributed by atoms with van der Waals surface area (Å²) in [5.74, 6) is -0.969. The zero-order chi connectivity index (χ0) is 18.6. The van der Waals surface area contributed by atoms with Gasteiger partial charge in [-0.25, -0.2) is 27.5 Å². The molecule has 2 rings (SSSR count). The van der Waals surface area contributed by atoms with Crippen LogP contribution in [0.4, 0.5) is 23.4 Å². The number of nitrogens with one attached hydrogen (secondary N) is 1. The van der Waals surface area contributed by atoms with Crippen molar-refractivity contribution < 1.29 is 17.6 Å². The normalized spacial score (nSPS) is 12.8. The third kappa shape index (κ3) is 4.43. The molecule has 0 aliphatic heterocycles. The standard InChI is InChI=1S/C18H17F4N3/c1-4-15-14(8-10(2)19)18(25-11(3)24-15)23-9-12-6-5-7-13(16(12)20)17(21)22/h4-8,17H,2,9H2,1,3H3,(H,23,24,25)/b14-8+,15-4+. The molecule has 0 aliphatic carbocycles. The van der Waals surface area contributed by atoms with Crippen molar-refractivity contribution in [3.63, 3.8) is 0 Å². The molecule has 0 saturated carbocycles. The summed E-state index contributed by atoms with van der Waals surface area (Å²) in [7, 11) is 0. The van der Waals surface area contributed by atoms with Crippen LogP contribution in [0.25, 0.3) is 12.2 Å². The molecule has 7 heteroatoms. The van der Waals surface area contributed by atoms with E-state index in [0.29, 0.717) is 16.4 Å². The van der Waals surface area contributed by atoms with Crippen LogP contribution >= 0.6 is 0 Å². The number of halogens is 4. The first-order chi connectivity index (χ1) is 11.8. The van der Waals surface area contributed by atoms with Crippen LogP contribution < -0.4 is 15.9 Å². The summed E-state index contributed by atoms with van der Waals surface area (Å²) in [4.78, 5) is 8.38. The van der Waals surface area contributed by atoms with Gasteiger partial charge in [0.05, 0.1) is 10.9 Å². The molecule has 1 heterocycles. The highest BCUT2D eigenvalue weighted by atomic mass is 19.3. The Kier molecular flexibility index (Phi) is 5.90. The number of allylic oxidation sites excluding steroid dienone is 1. The van der Waals surface area contributed by atoms with Gasteiger partial charge < -0.3 is 5.32 Å². The second kappa shape index (κ2) is 7.92. The number of benzene rings is 1. The van der Waals surface area contributed by atoms with Crippen LogP contribution in [-0.2, 0) is 6.54 Å². The lowest BCUT2D eigenvalue weighted by molar-refractivity contribution is 0.146. The molecule has 0 unspecified atom stereocenters. The molecule has 0 spiro atoms. The largest absolute Gasteiger partial charge is 0.365 e. The zero-order valence-corrected chi connectivity index (χ0v) is 13.8. The third-order valence-corrected chi connectivity index (χ3v) is 3.45. The number of rotatable bonds is 5. The van der Waals surface area contributed by atoms with Gasteiger partial charge in [-0.15, -0.1) is 0 Å². The van der Waals surface area contributed by atoms with Crippen LogP contribution in [0.2, 0.25) is 0 Å². The SMILES string of the molecule is C=C(F)/C=c1/c(NCc2cccc(C(F)F)c2F)nc(C)n/c1=C/C. The van der Waals surface area contributed by atoms with E-state index < -0.39 is 23.6 Å². The van der Waals surface area contributed by atoms with E-state index in [1.54, 1.807) is 19.9 Å². The van der Waals surface area contributed by atoms with E-state index in [1.807, 2.05) is 0 Å². The molecule has 0 radical (unpaired) electrons. The minimum absolute atomic E-state index is 0.0566. The summed E-state index contributed by atoms with van der Waals surface area (Å²) in [6.07, 6.45) is -0.0725. The van der Waals surface area contributed by atoms with Crippen molar-refractivity contribution >= 4 is 18.0 Å².